The van der Waals surface area contributed by atoms with E-state index in [0.29, 0.717) is 11.4 Å². The van der Waals surface area contributed by atoms with Crippen molar-refractivity contribution < 1.29 is 13.7 Å². The molecule has 1 atom stereocenters. The summed E-state index contributed by atoms with van der Waals surface area (Å²) in [5, 5.41) is 5.94. The molecule has 106 valence electrons. The van der Waals surface area contributed by atoms with Gasteiger partial charge in [0.25, 0.3) is 0 Å². The third-order valence-electron chi connectivity index (χ3n) is 2.58. The number of amides is 1. The zero-order valence-electron chi connectivity index (χ0n) is 11.1. The van der Waals surface area contributed by atoms with Crippen molar-refractivity contribution in [1.29, 1.82) is 0 Å². The van der Waals surface area contributed by atoms with Gasteiger partial charge < -0.3 is 4.52 Å². The molecule has 2 aromatic rings. The number of carbonyl (C=O) groups is 1. The Morgan fingerprint density at radius 2 is 2.25 bits per heavy atom. The van der Waals surface area contributed by atoms with Crippen LogP contribution >= 0.6 is 11.8 Å². The van der Waals surface area contributed by atoms with Gasteiger partial charge in [-0.15, -0.1) is 11.8 Å². The van der Waals surface area contributed by atoms with Crippen molar-refractivity contribution in [3.63, 3.8) is 0 Å². The van der Waals surface area contributed by atoms with Crippen molar-refractivity contribution in [1.82, 2.24) is 10.1 Å². The highest BCUT2D eigenvalue weighted by atomic mass is 32.2. The first kappa shape index (κ1) is 14.5. The molecule has 0 bridgehead atoms. The molecule has 7 heteroatoms. The second-order valence-electron chi connectivity index (χ2n) is 4.17. The Bertz CT molecular complexity index is 603. The average molecular weight is 295 g/mol. The molecule has 0 aliphatic heterocycles. The number of anilines is 1. The van der Waals surface area contributed by atoms with Crippen LogP contribution in [0.4, 0.5) is 10.4 Å². The summed E-state index contributed by atoms with van der Waals surface area (Å²) in [5.74, 6) is 0.103. The Labute approximate surface area is 119 Å². The van der Waals surface area contributed by atoms with Gasteiger partial charge in [-0.1, -0.05) is 23.4 Å². The van der Waals surface area contributed by atoms with E-state index in [4.69, 9.17) is 4.52 Å². The van der Waals surface area contributed by atoms with Gasteiger partial charge in [0.2, 0.25) is 5.91 Å². The van der Waals surface area contributed by atoms with Crippen molar-refractivity contribution >= 4 is 23.7 Å². The maximum Gasteiger partial charge on any atom is 0.328 e. The number of halogens is 1. The van der Waals surface area contributed by atoms with E-state index in [1.807, 2.05) is 6.92 Å². The number of carbonyl (C=O) groups excluding carboxylic acids is 1. The van der Waals surface area contributed by atoms with Gasteiger partial charge in [0.1, 0.15) is 5.82 Å². The molecule has 0 radical (unpaired) electrons. The highest BCUT2D eigenvalue weighted by Gasteiger charge is 2.14. The highest BCUT2D eigenvalue weighted by Crippen LogP contribution is 2.29. The lowest BCUT2D eigenvalue weighted by atomic mass is 10.1. The molecule has 20 heavy (non-hydrogen) atoms. The van der Waals surface area contributed by atoms with Crippen LogP contribution < -0.4 is 5.32 Å². The summed E-state index contributed by atoms with van der Waals surface area (Å²) < 4.78 is 18.4. The quantitative estimate of drug-likeness (QED) is 0.918. The number of thioether (sulfide) groups is 1. The Morgan fingerprint density at radius 1 is 1.50 bits per heavy atom. The third-order valence-corrected chi connectivity index (χ3v) is 3.76. The van der Waals surface area contributed by atoms with Gasteiger partial charge in [-0.3, -0.25) is 10.1 Å². The van der Waals surface area contributed by atoms with Crippen LogP contribution in [-0.2, 0) is 4.79 Å². The highest BCUT2D eigenvalue weighted by molar-refractivity contribution is 8.00. The Balaban J connectivity index is 1.85. The Morgan fingerprint density at radius 3 is 2.90 bits per heavy atom. The molecule has 1 heterocycles. The summed E-state index contributed by atoms with van der Waals surface area (Å²) in [6.07, 6.45) is 0. The van der Waals surface area contributed by atoms with E-state index in [-0.39, 0.29) is 28.7 Å². The molecule has 1 N–H and O–H groups in total. The van der Waals surface area contributed by atoms with Crippen LogP contribution in [0, 0.1) is 12.7 Å². The van der Waals surface area contributed by atoms with Crippen LogP contribution in [0.5, 0.6) is 0 Å². The fourth-order valence-corrected chi connectivity index (χ4v) is 2.44. The zero-order chi connectivity index (χ0) is 14.5. The minimum absolute atomic E-state index is 0.0756. The lowest BCUT2D eigenvalue weighted by Crippen LogP contribution is -2.15. The summed E-state index contributed by atoms with van der Waals surface area (Å²) in [7, 11) is 0. The minimum Gasteiger partial charge on any atom is -0.315 e. The van der Waals surface area contributed by atoms with Gasteiger partial charge in [0.05, 0.1) is 5.75 Å². The maximum atomic E-state index is 13.6. The molecule has 0 unspecified atom stereocenters. The van der Waals surface area contributed by atoms with Crippen molar-refractivity contribution in [2.75, 3.05) is 11.1 Å². The van der Waals surface area contributed by atoms with E-state index in [0.717, 1.165) is 0 Å². The number of rotatable bonds is 5. The largest absolute Gasteiger partial charge is 0.328 e. The third kappa shape index (κ3) is 3.80. The first-order valence-electron chi connectivity index (χ1n) is 6.02. The van der Waals surface area contributed by atoms with Crippen LogP contribution in [-0.4, -0.2) is 21.8 Å². The number of nitrogens with one attached hydrogen (secondary N) is 1. The molecule has 2 rings (SSSR count). The van der Waals surface area contributed by atoms with Crippen LogP contribution in [0.2, 0.25) is 0 Å². The standard InChI is InChI=1S/C13H14FN3O2S/c1-8(10-5-3-4-6-11(10)14)20-7-12(18)16-13-15-9(2)17-19-13/h3-6,8H,7H2,1-2H3,(H,15,16,17,18)/t8-/m0/s1. The van der Waals surface area contributed by atoms with Crippen molar-refractivity contribution in [3.8, 4) is 0 Å². The second-order valence-corrected chi connectivity index (χ2v) is 5.50. The van der Waals surface area contributed by atoms with Gasteiger partial charge in [-0.05, 0) is 19.9 Å². The van der Waals surface area contributed by atoms with Gasteiger partial charge in [-0.2, -0.15) is 4.98 Å². The van der Waals surface area contributed by atoms with Gasteiger partial charge >= 0.3 is 6.01 Å². The fourth-order valence-electron chi connectivity index (χ4n) is 1.60. The molecular formula is C13H14FN3O2S. The molecular weight excluding hydrogens is 281 g/mol. The SMILES string of the molecule is Cc1noc(NC(=O)CS[C@@H](C)c2ccccc2F)n1. The molecule has 1 amide bonds. The molecule has 1 aromatic heterocycles. The Kier molecular flexibility index (Phi) is 4.73. The van der Waals surface area contributed by atoms with E-state index >= 15 is 0 Å². The summed E-state index contributed by atoms with van der Waals surface area (Å²) in [4.78, 5) is 15.6. The predicted molar refractivity (Wildman–Crippen MR) is 74.9 cm³/mol. The van der Waals surface area contributed by atoms with Gasteiger partial charge in [0, 0.05) is 10.8 Å². The van der Waals surface area contributed by atoms with E-state index < -0.39 is 0 Å². The number of aromatic nitrogens is 2. The number of nitrogens with zero attached hydrogens (tertiary/aromatic N) is 2. The summed E-state index contributed by atoms with van der Waals surface area (Å²) >= 11 is 1.34. The number of hydrogen-bond acceptors (Lipinski definition) is 5. The van der Waals surface area contributed by atoms with Crippen LogP contribution in [0.1, 0.15) is 23.6 Å². The molecule has 1 aromatic carbocycles. The van der Waals surface area contributed by atoms with E-state index in [9.17, 15) is 9.18 Å². The van der Waals surface area contributed by atoms with E-state index in [1.54, 1.807) is 25.1 Å². The molecule has 5 nitrogen and oxygen atoms in total. The molecule has 0 saturated carbocycles. The molecule has 0 fully saturated rings. The summed E-state index contributed by atoms with van der Waals surface area (Å²) in [5.41, 5.74) is 0.582. The monoisotopic (exact) mass is 295 g/mol. The van der Waals surface area contributed by atoms with Crippen molar-refractivity contribution in [3.05, 3.63) is 41.5 Å². The molecule has 0 saturated heterocycles. The van der Waals surface area contributed by atoms with Crippen LogP contribution in [0.3, 0.4) is 0 Å². The first-order chi connectivity index (χ1) is 9.56. The summed E-state index contributed by atoms with van der Waals surface area (Å²) in [6.45, 7) is 3.52. The predicted octanol–water partition coefficient (Wildman–Crippen LogP) is 2.95. The van der Waals surface area contributed by atoms with Crippen LogP contribution in [0.25, 0.3) is 0 Å². The fraction of sp³-hybridized carbons (Fsp3) is 0.308. The van der Waals surface area contributed by atoms with E-state index in [2.05, 4.69) is 15.5 Å². The normalized spacial score (nSPS) is 12.2. The molecule has 0 spiro atoms. The topological polar surface area (TPSA) is 68.0 Å². The van der Waals surface area contributed by atoms with E-state index in [1.165, 1.54) is 17.8 Å². The maximum absolute atomic E-state index is 13.6. The van der Waals surface area contributed by atoms with Crippen molar-refractivity contribution in [2.45, 2.75) is 19.1 Å². The second kappa shape index (κ2) is 6.51. The van der Waals surface area contributed by atoms with Crippen molar-refractivity contribution in [2.24, 2.45) is 0 Å². The van der Waals surface area contributed by atoms with Gasteiger partial charge in [0.15, 0.2) is 5.82 Å². The minimum atomic E-state index is -0.263. The molecule has 0 aliphatic rings. The molecule has 0 aliphatic carbocycles. The first-order valence-corrected chi connectivity index (χ1v) is 7.07. The number of aryl methyl sites for hydroxylation is 1. The van der Waals surface area contributed by atoms with Gasteiger partial charge in [-0.25, -0.2) is 4.39 Å². The number of hydrogen-bond donors (Lipinski definition) is 1. The smallest absolute Gasteiger partial charge is 0.315 e. The lowest BCUT2D eigenvalue weighted by molar-refractivity contribution is -0.114. The number of benzene rings is 1. The average Bonchev–Trinajstić information content (AvgIpc) is 2.82. The van der Waals surface area contributed by atoms with Crippen LogP contribution in [0.15, 0.2) is 28.8 Å². The lowest BCUT2D eigenvalue weighted by Gasteiger charge is -2.11. The Hall–Kier alpha value is -1.89. The zero-order valence-corrected chi connectivity index (χ0v) is 11.9. The summed E-state index contributed by atoms with van der Waals surface area (Å²) in [6, 6.07) is 6.61.